The largest absolute Gasteiger partial charge is 0.390 e. The van der Waals surface area contributed by atoms with Crippen molar-refractivity contribution in [2.45, 2.75) is 43.2 Å². The first kappa shape index (κ1) is 16.5. The van der Waals surface area contributed by atoms with Crippen LogP contribution in [0.2, 0.25) is 0 Å². The van der Waals surface area contributed by atoms with Crippen LogP contribution < -0.4 is 4.72 Å². The van der Waals surface area contributed by atoms with E-state index in [-0.39, 0.29) is 11.5 Å². The van der Waals surface area contributed by atoms with Gasteiger partial charge in [-0.15, -0.1) is 0 Å². The van der Waals surface area contributed by atoms with E-state index in [0.717, 1.165) is 32.2 Å². The van der Waals surface area contributed by atoms with Crippen molar-refractivity contribution in [3.8, 4) is 0 Å². The zero-order chi connectivity index (χ0) is 15.5. The van der Waals surface area contributed by atoms with Gasteiger partial charge in [-0.1, -0.05) is 0 Å². The molecule has 120 valence electrons. The fourth-order valence-corrected chi connectivity index (χ4v) is 3.43. The molecule has 0 aliphatic heterocycles. The van der Waals surface area contributed by atoms with Crippen molar-refractivity contribution in [3.05, 3.63) is 18.0 Å². The molecule has 1 aliphatic carbocycles. The Labute approximate surface area is 126 Å². The molecule has 0 saturated heterocycles. The van der Waals surface area contributed by atoms with E-state index in [9.17, 15) is 13.5 Å². The third kappa shape index (κ3) is 4.54. The summed E-state index contributed by atoms with van der Waals surface area (Å²) in [6, 6.07) is 1.93. The predicted octanol–water partition coefficient (Wildman–Crippen LogP) is 0.935. The number of unbranched alkanes of at least 4 members (excludes halogenated alkanes) is 1. The van der Waals surface area contributed by atoms with Gasteiger partial charge < -0.3 is 14.6 Å². The molecule has 1 heterocycles. The number of aromatic nitrogens is 1. The average Bonchev–Trinajstić information content (AvgIpc) is 3.16. The minimum Gasteiger partial charge on any atom is -0.390 e. The van der Waals surface area contributed by atoms with E-state index < -0.39 is 10.0 Å². The predicted molar refractivity (Wildman–Crippen MR) is 81.6 cm³/mol. The van der Waals surface area contributed by atoms with Gasteiger partial charge in [0.1, 0.15) is 0 Å². The maximum atomic E-state index is 12.2. The fraction of sp³-hybridized carbons (Fsp3) is 0.714. The summed E-state index contributed by atoms with van der Waals surface area (Å²) in [5, 5.41) is 9.33. The van der Waals surface area contributed by atoms with Crippen molar-refractivity contribution in [3.63, 3.8) is 0 Å². The quantitative estimate of drug-likeness (QED) is 0.665. The molecular formula is C14H25N3O3S. The summed E-state index contributed by atoms with van der Waals surface area (Å²) in [5.74, 6) is 0. The van der Waals surface area contributed by atoms with Crippen LogP contribution in [0, 0.1) is 0 Å². The molecular weight excluding hydrogens is 290 g/mol. The number of sulfonamides is 1. The lowest BCUT2D eigenvalue weighted by molar-refractivity contribution is 0.270. The summed E-state index contributed by atoms with van der Waals surface area (Å²) < 4.78 is 29.0. The number of rotatable bonds is 9. The summed E-state index contributed by atoms with van der Waals surface area (Å²) in [4.78, 5) is 2.34. The number of hydrogen-bond donors (Lipinski definition) is 2. The second kappa shape index (κ2) is 6.91. The van der Waals surface area contributed by atoms with Gasteiger partial charge in [0.25, 0.3) is 0 Å². The fourth-order valence-electron chi connectivity index (χ4n) is 2.31. The smallest absolute Gasteiger partial charge is 0.242 e. The molecule has 1 aromatic heterocycles. The molecule has 0 amide bonds. The van der Waals surface area contributed by atoms with Gasteiger partial charge in [0, 0.05) is 24.5 Å². The molecule has 0 radical (unpaired) electrons. The molecule has 1 aromatic rings. The minimum atomic E-state index is -3.47. The zero-order valence-electron chi connectivity index (χ0n) is 12.7. The first-order chi connectivity index (χ1) is 9.94. The molecule has 2 N–H and O–H groups in total. The van der Waals surface area contributed by atoms with E-state index in [2.05, 4.69) is 9.62 Å². The molecule has 0 unspecified atom stereocenters. The lowest BCUT2D eigenvalue weighted by atomic mass is 10.3. The van der Waals surface area contributed by atoms with Crippen molar-refractivity contribution in [2.24, 2.45) is 0 Å². The van der Waals surface area contributed by atoms with Gasteiger partial charge in [0.2, 0.25) is 10.0 Å². The number of nitrogens with zero attached hydrogens (tertiary/aromatic N) is 2. The second-order valence-electron chi connectivity index (χ2n) is 5.87. The average molecular weight is 315 g/mol. The molecule has 1 fully saturated rings. The molecule has 0 atom stereocenters. The van der Waals surface area contributed by atoms with Gasteiger partial charge in [0.15, 0.2) is 0 Å². The second-order valence-corrected chi connectivity index (χ2v) is 7.64. The molecule has 0 spiro atoms. The summed E-state index contributed by atoms with van der Waals surface area (Å²) in [7, 11) is 0.528. The van der Waals surface area contributed by atoms with Crippen molar-refractivity contribution in [2.75, 3.05) is 27.2 Å². The third-order valence-corrected chi connectivity index (χ3v) is 5.07. The molecule has 21 heavy (non-hydrogen) atoms. The highest BCUT2D eigenvalue weighted by atomic mass is 32.2. The van der Waals surface area contributed by atoms with E-state index in [1.807, 2.05) is 18.7 Å². The Morgan fingerprint density at radius 1 is 1.38 bits per heavy atom. The zero-order valence-corrected chi connectivity index (χ0v) is 13.6. The first-order valence-corrected chi connectivity index (χ1v) is 8.88. The third-order valence-electron chi connectivity index (χ3n) is 3.64. The summed E-state index contributed by atoms with van der Waals surface area (Å²) in [6.07, 6.45) is 5.53. The topological polar surface area (TPSA) is 74.6 Å². The Morgan fingerprint density at radius 2 is 2.10 bits per heavy atom. The highest BCUT2D eigenvalue weighted by Crippen LogP contribution is 2.37. The molecule has 2 rings (SSSR count). The van der Waals surface area contributed by atoms with Crippen LogP contribution in [0.25, 0.3) is 0 Å². The van der Waals surface area contributed by atoms with Crippen molar-refractivity contribution in [1.82, 2.24) is 14.2 Å². The van der Waals surface area contributed by atoms with Gasteiger partial charge in [0.05, 0.1) is 11.5 Å². The Balaban J connectivity index is 1.93. The first-order valence-electron chi connectivity index (χ1n) is 7.40. The highest BCUT2D eigenvalue weighted by Gasteiger charge is 2.27. The van der Waals surface area contributed by atoms with Crippen LogP contribution in [0.3, 0.4) is 0 Å². The van der Waals surface area contributed by atoms with E-state index in [4.69, 9.17) is 0 Å². The Bertz CT molecular complexity index is 562. The molecule has 7 heteroatoms. The van der Waals surface area contributed by atoms with Gasteiger partial charge >= 0.3 is 0 Å². The number of aliphatic hydroxyl groups is 1. The van der Waals surface area contributed by atoms with Crippen LogP contribution in [-0.2, 0) is 16.6 Å². The lowest BCUT2D eigenvalue weighted by Crippen LogP contribution is -2.25. The Kier molecular flexibility index (Phi) is 5.43. The van der Waals surface area contributed by atoms with Crippen LogP contribution >= 0.6 is 0 Å². The van der Waals surface area contributed by atoms with E-state index in [1.54, 1.807) is 12.3 Å². The SMILES string of the molecule is CN(C)CCCCNS(=O)(=O)c1cc(CO)n(C2CC2)c1. The van der Waals surface area contributed by atoms with Gasteiger partial charge in [-0.2, -0.15) is 0 Å². The summed E-state index contributed by atoms with van der Waals surface area (Å²) in [5.41, 5.74) is 0.672. The van der Waals surface area contributed by atoms with Crippen LogP contribution in [-0.4, -0.2) is 50.2 Å². The van der Waals surface area contributed by atoms with Crippen molar-refractivity contribution >= 4 is 10.0 Å². The van der Waals surface area contributed by atoms with Crippen molar-refractivity contribution in [1.29, 1.82) is 0 Å². The molecule has 1 aliphatic rings. The van der Waals surface area contributed by atoms with Gasteiger partial charge in [-0.05, 0) is 52.4 Å². The molecule has 0 aromatic carbocycles. The monoisotopic (exact) mass is 315 g/mol. The molecule has 6 nitrogen and oxygen atoms in total. The number of nitrogens with one attached hydrogen (secondary N) is 1. The van der Waals surface area contributed by atoms with E-state index in [0.29, 0.717) is 18.3 Å². The van der Waals surface area contributed by atoms with Crippen molar-refractivity contribution < 1.29 is 13.5 Å². The number of hydrogen-bond acceptors (Lipinski definition) is 4. The minimum absolute atomic E-state index is 0.130. The number of aliphatic hydroxyl groups excluding tert-OH is 1. The van der Waals surface area contributed by atoms with Crippen LogP contribution in [0.1, 0.15) is 37.4 Å². The van der Waals surface area contributed by atoms with Gasteiger partial charge in [-0.25, -0.2) is 13.1 Å². The standard InChI is InChI=1S/C14H25N3O3S/c1-16(2)8-4-3-7-15-21(19,20)14-9-13(11-18)17(10-14)12-5-6-12/h9-10,12,15,18H,3-8,11H2,1-2H3. The summed E-state index contributed by atoms with van der Waals surface area (Å²) >= 11 is 0. The normalized spacial score (nSPS) is 15.8. The van der Waals surface area contributed by atoms with E-state index in [1.165, 1.54) is 0 Å². The van der Waals surface area contributed by atoms with Gasteiger partial charge in [-0.3, -0.25) is 0 Å². The maximum Gasteiger partial charge on any atom is 0.242 e. The highest BCUT2D eigenvalue weighted by molar-refractivity contribution is 7.89. The van der Waals surface area contributed by atoms with Crippen LogP contribution in [0.15, 0.2) is 17.2 Å². The van der Waals surface area contributed by atoms with Crippen LogP contribution in [0.5, 0.6) is 0 Å². The maximum absolute atomic E-state index is 12.2. The Hall–Kier alpha value is -0.890. The molecule has 0 bridgehead atoms. The van der Waals surface area contributed by atoms with Crippen LogP contribution in [0.4, 0.5) is 0 Å². The lowest BCUT2D eigenvalue weighted by Gasteiger charge is -2.09. The Morgan fingerprint density at radius 3 is 2.67 bits per heavy atom. The summed E-state index contributed by atoms with van der Waals surface area (Å²) in [6.45, 7) is 1.27. The molecule has 1 saturated carbocycles. The van der Waals surface area contributed by atoms with E-state index >= 15 is 0 Å².